The minimum Gasteiger partial charge on any atom is -0.365 e. The van der Waals surface area contributed by atoms with E-state index in [1.165, 1.54) is 5.56 Å². The van der Waals surface area contributed by atoms with Crippen molar-refractivity contribution in [3.63, 3.8) is 0 Å². The van der Waals surface area contributed by atoms with E-state index < -0.39 is 5.41 Å². The normalized spacial score (nSPS) is 18.6. The summed E-state index contributed by atoms with van der Waals surface area (Å²) in [6, 6.07) is 14.2. The summed E-state index contributed by atoms with van der Waals surface area (Å²) in [5.41, 5.74) is 4.41. The van der Waals surface area contributed by atoms with Crippen LogP contribution in [0.3, 0.4) is 0 Å². The Morgan fingerprint density at radius 2 is 1.88 bits per heavy atom. The number of piperidine rings is 1. The Morgan fingerprint density at radius 1 is 1.12 bits per heavy atom. The Morgan fingerprint density at radius 3 is 2.58 bits per heavy atom. The lowest BCUT2D eigenvalue weighted by Gasteiger charge is -2.37. The lowest BCUT2D eigenvalue weighted by Crippen LogP contribution is -2.53. The van der Waals surface area contributed by atoms with Gasteiger partial charge in [-0.3, -0.25) is 9.59 Å². The zero-order valence-electron chi connectivity index (χ0n) is 22.8. The van der Waals surface area contributed by atoms with Crippen molar-refractivity contribution in [1.29, 1.82) is 0 Å². The van der Waals surface area contributed by atoms with Crippen molar-refractivity contribution < 1.29 is 9.59 Å². The molecule has 0 bridgehead atoms. The van der Waals surface area contributed by atoms with Crippen LogP contribution in [0.4, 0.5) is 23.1 Å². The van der Waals surface area contributed by atoms with Gasteiger partial charge in [-0.05, 0) is 67.5 Å². The summed E-state index contributed by atoms with van der Waals surface area (Å²) < 4.78 is 0. The summed E-state index contributed by atoms with van der Waals surface area (Å²) in [4.78, 5) is 35.9. The second kappa shape index (κ2) is 10.7. The number of carbonyl (C=O) groups excluding carboxylic acids is 2. The minimum atomic E-state index is -0.607. The van der Waals surface area contributed by atoms with E-state index in [0.717, 1.165) is 61.5 Å². The third kappa shape index (κ3) is 5.11. The quantitative estimate of drug-likeness (QED) is 0.334. The molecular weight excluding hydrogens is 526 g/mol. The number of nitrogens with zero attached hydrogens (tertiary/aromatic N) is 3. The molecule has 10 heteroatoms. The third-order valence-corrected chi connectivity index (χ3v) is 8.63. The third-order valence-electron chi connectivity index (χ3n) is 8.36. The SMILES string of the molecule is CC1(C)C(=O)Nc2cccc(CNc3nc(Nc4ccc(C5CCN(C(=O)C6CNC6)CC5)cc4)ncc3Cl)c21. The molecule has 2 aromatic carbocycles. The highest BCUT2D eigenvalue weighted by atomic mass is 35.5. The molecule has 4 heterocycles. The van der Waals surface area contributed by atoms with Gasteiger partial charge in [-0.1, -0.05) is 35.9 Å². The fraction of sp³-hybridized carbons (Fsp3) is 0.400. The summed E-state index contributed by atoms with van der Waals surface area (Å²) in [5.74, 6) is 1.87. The predicted molar refractivity (Wildman–Crippen MR) is 157 cm³/mol. The van der Waals surface area contributed by atoms with E-state index >= 15 is 0 Å². The van der Waals surface area contributed by atoms with Crippen LogP contribution in [0.1, 0.15) is 49.3 Å². The highest BCUT2D eigenvalue weighted by Crippen LogP contribution is 2.40. The predicted octanol–water partition coefficient (Wildman–Crippen LogP) is 4.64. The molecule has 0 aliphatic carbocycles. The van der Waals surface area contributed by atoms with Gasteiger partial charge in [-0.15, -0.1) is 0 Å². The van der Waals surface area contributed by atoms with Gasteiger partial charge < -0.3 is 26.2 Å². The van der Waals surface area contributed by atoms with Crippen LogP contribution in [0.5, 0.6) is 0 Å². The van der Waals surface area contributed by atoms with E-state index in [9.17, 15) is 9.59 Å². The number of carbonyl (C=O) groups is 2. The van der Waals surface area contributed by atoms with Gasteiger partial charge in [0.1, 0.15) is 5.02 Å². The molecule has 2 saturated heterocycles. The average Bonchev–Trinajstić information content (AvgIpc) is 3.16. The Hall–Kier alpha value is -3.69. The molecule has 3 aromatic rings. The Labute approximate surface area is 239 Å². The van der Waals surface area contributed by atoms with Crippen LogP contribution in [0.2, 0.25) is 5.02 Å². The van der Waals surface area contributed by atoms with Gasteiger partial charge in [0.2, 0.25) is 17.8 Å². The molecule has 0 atom stereocenters. The van der Waals surface area contributed by atoms with E-state index in [1.807, 2.05) is 49.1 Å². The fourth-order valence-corrected chi connectivity index (χ4v) is 5.99. The molecule has 9 nitrogen and oxygen atoms in total. The summed E-state index contributed by atoms with van der Waals surface area (Å²) in [6.45, 7) is 7.61. The molecule has 0 spiro atoms. The number of likely N-dealkylation sites (tertiary alicyclic amines) is 1. The Kier molecular flexibility index (Phi) is 7.10. The molecule has 208 valence electrons. The molecular formula is C30H34ClN7O2. The number of nitrogens with one attached hydrogen (secondary N) is 4. The van der Waals surface area contributed by atoms with Gasteiger partial charge >= 0.3 is 0 Å². The van der Waals surface area contributed by atoms with Crippen LogP contribution in [0.25, 0.3) is 0 Å². The van der Waals surface area contributed by atoms with Gasteiger partial charge in [0.05, 0.1) is 17.5 Å². The smallest absolute Gasteiger partial charge is 0.234 e. The Bertz CT molecular complexity index is 1430. The maximum atomic E-state index is 12.5. The van der Waals surface area contributed by atoms with E-state index in [-0.39, 0.29) is 11.8 Å². The zero-order chi connectivity index (χ0) is 27.9. The zero-order valence-corrected chi connectivity index (χ0v) is 23.5. The largest absolute Gasteiger partial charge is 0.365 e. The molecule has 4 N–H and O–H groups in total. The number of amides is 2. The Balaban J connectivity index is 1.08. The highest BCUT2D eigenvalue weighted by Gasteiger charge is 2.40. The molecule has 40 heavy (non-hydrogen) atoms. The first-order chi connectivity index (χ1) is 19.3. The minimum absolute atomic E-state index is 0.00481. The van der Waals surface area contributed by atoms with Crippen molar-refractivity contribution in [1.82, 2.24) is 20.2 Å². The van der Waals surface area contributed by atoms with E-state index in [0.29, 0.717) is 35.2 Å². The first-order valence-corrected chi connectivity index (χ1v) is 14.2. The first-order valence-electron chi connectivity index (χ1n) is 13.9. The van der Waals surface area contributed by atoms with Crippen molar-refractivity contribution in [2.75, 3.05) is 42.1 Å². The summed E-state index contributed by atoms with van der Waals surface area (Å²) in [6.07, 6.45) is 3.55. The van der Waals surface area contributed by atoms with Crippen LogP contribution >= 0.6 is 11.6 Å². The average molecular weight is 560 g/mol. The van der Waals surface area contributed by atoms with Gasteiger partial charge in [0, 0.05) is 44.1 Å². The standard InChI is InChI=1S/C30H34ClN7O2/c1-30(2)25-20(4-3-5-24(25)36-28(30)40)16-33-26-23(31)17-34-29(37-26)35-22-8-6-18(7-9-22)19-10-12-38(13-11-19)27(39)21-14-32-15-21/h3-9,17,19,21,32H,10-16H2,1-2H3,(H,36,40)(H2,33,34,35,37). The highest BCUT2D eigenvalue weighted by molar-refractivity contribution is 6.32. The molecule has 0 saturated carbocycles. The maximum Gasteiger partial charge on any atom is 0.234 e. The number of anilines is 4. The summed E-state index contributed by atoms with van der Waals surface area (Å²) >= 11 is 6.42. The van der Waals surface area contributed by atoms with Crippen molar-refractivity contribution in [3.05, 3.63) is 70.4 Å². The van der Waals surface area contributed by atoms with E-state index in [4.69, 9.17) is 11.6 Å². The second-order valence-electron chi connectivity index (χ2n) is 11.4. The van der Waals surface area contributed by atoms with Crippen LogP contribution in [-0.2, 0) is 21.5 Å². The molecule has 6 rings (SSSR count). The molecule has 0 radical (unpaired) electrons. The lowest BCUT2D eigenvalue weighted by molar-refractivity contribution is -0.138. The van der Waals surface area contributed by atoms with Gasteiger partial charge in [-0.25, -0.2) is 4.98 Å². The van der Waals surface area contributed by atoms with E-state index in [1.54, 1.807) is 6.20 Å². The van der Waals surface area contributed by atoms with Crippen molar-refractivity contribution in [2.45, 2.75) is 44.6 Å². The monoisotopic (exact) mass is 559 g/mol. The van der Waals surface area contributed by atoms with Crippen molar-refractivity contribution in [2.24, 2.45) is 5.92 Å². The topological polar surface area (TPSA) is 111 Å². The maximum absolute atomic E-state index is 12.5. The first kappa shape index (κ1) is 26.5. The number of hydrogen-bond donors (Lipinski definition) is 4. The lowest BCUT2D eigenvalue weighted by atomic mass is 9.83. The molecule has 1 aromatic heterocycles. The molecule has 3 aliphatic rings. The van der Waals surface area contributed by atoms with Gasteiger partial charge in [-0.2, -0.15) is 4.98 Å². The fourth-order valence-electron chi connectivity index (χ4n) is 5.83. The number of benzene rings is 2. The molecule has 0 unspecified atom stereocenters. The van der Waals surface area contributed by atoms with Gasteiger partial charge in [0.15, 0.2) is 5.82 Å². The van der Waals surface area contributed by atoms with Crippen molar-refractivity contribution >= 4 is 46.6 Å². The molecule has 3 aliphatic heterocycles. The molecule has 2 amide bonds. The van der Waals surface area contributed by atoms with Crippen LogP contribution in [-0.4, -0.2) is 52.9 Å². The molecule has 2 fully saturated rings. The van der Waals surface area contributed by atoms with Crippen LogP contribution in [0, 0.1) is 5.92 Å². The van der Waals surface area contributed by atoms with Gasteiger partial charge in [0.25, 0.3) is 0 Å². The van der Waals surface area contributed by atoms with Crippen LogP contribution in [0.15, 0.2) is 48.7 Å². The number of hydrogen-bond acceptors (Lipinski definition) is 7. The summed E-state index contributed by atoms with van der Waals surface area (Å²) in [5, 5.41) is 13.2. The second-order valence-corrected chi connectivity index (χ2v) is 11.8. The number of rotatable bonds is 7. The van der Waals surface area contributed by atoms with E-state index in [2.05, 4.69) is 43.4 Å². The summed E-state index contributed by atoms with van der Waals surface area (Å²) in [7, 11) is 0. The number of halogens is 1. The number of aromatic nitrogens is 2. The number of fused-ring (bicyclic) bond motifs is 1. The van der Waals surface area contributed by atoms with Crippen molar-refractivity contribution in [3.8, 4) is 0 Å². The van der Waals surface area contributed by atoms with Crippen LogP contribution < -0.4 is 21.3 Å².